The summed E-state index contributed by atoms with van der Waals surface area (Å²) in [6, 6.07) is 10.7. The summed E-state index contributed by atoms with van der Waals surface area (Å²) in [5.41, 5.74) is 1.14. The molecule has 21 heavy (non-hydrogen) atoms. The van der Waals surface area contributed by atoms with Crippen molar-refractivity contribution in [2.75, 3.05) is 13.1 Å². The van der Waals surface area contributed by atoms with Crippen LogP contribution in [0.4, 0.5) is 0 Å². The molecule has 1 saturated heterocycles. The number of carbonyl (C=O) groups excluding carboxylic acids is 1. The van der Waals surface area contributed by atoms with Gasteiger partial charge in [0.25, 0.3) is 0 Å². The van der Waals surface area contributed by atoms with Crippen LogP contribution < -0.4 is 5.32 Å². The van der Waals surface area contributed by atoms with Gasteiger partial charge in [-0.1, -0.05) is 44.2 Å². The molecule has 1 amide bonds. The average Bonchev–Trinajstić information content (AvgIpc) is 2.45. The van der Waals surface area contributed by atoms with Crippen LogP contribution >= 0.6 is 0 Å². The molecule has 0 radical (unpaired) electrons. The monoisotopic (exact) mass is 288 g/mol. The summed E-state index contributed by atoms with van der Waals surface area (Å²) < 4.78 is 0. The molecule has 1 atom stereocenters. The van der Waals surface area contributed by atoms with Gasteiger partial charge < -0.3 is 10.2 Å². The van der Waals surface area contributed by atoms with Crippen molar-refractivity contribution >= 4 is 5.91 Å². The highest BCUT2D eigenvalue weighted by Crippen LogP contribution is 2.22. The minimum Gasteiger partial charge on any atom is -0.335 e. The molecule has 1 heterocycles. The van der Waals surface area contributed by atoms with Gasteiger partial charge >= 0.3 is 0 Å². The van der Waals surface area contributed by atoms with Gasteiger partial charge in [0.05, 0.1) is 0 Å². The fourth-order valence-electron chi connectivity index (χ4n) is 2.90. The predicted octanol–water partition coefficient (Wildman–Crippen LogP) is 2.85. The number of benzene rings is 1. The second kappa shape index (κ2) is 6.61. The molecule has 1 aliphatic rings. The van der Waals surface area contributed by atoms with Crippen molar-refractivity contribution in [3.05, 3.63) is 35.9 Å². The molecule has 0 aliphatic carbocycles. The molecule has 0 spiro atoms. The van der Waals surface area contributed by atoms with Gasteiger partial charge in [0.15, 0.2) is 0 Å². The Labute approximate surface area is 128 Å². The second-order valence-electron chi connectivity index (χ2n) is 7.03. The first-order valence-electron chi connectivity index (χ1n) is 7.98. The van der Waals surface area contributed by atoms with E-state index in [2.05, 4.69) is 50.0 Å². The Bertz CT molecular complexity index is 467. The van der Waals surface area contributed by atoms with E-state index in [9.17, 15) is 4.79 Å². The van der Waals surface area contributed by atoms with Crippen molar-refractivity contribution in [3.63, 3.8) is 0 Å². The van der Waals surface area contributed by atoms with Crippen LogP contribution in [0.25, 0.3) is 0 Å². The molecule has 0 aromatic heterocycles. The fourth-order valence-corrected chi connectivity index (χ4v) is 2.90. The van der Waals surface area contributed by atoms with E-state index in [0.29, 0.717) is 18.4 Å². The van der Waals surface area contributed by atoms with Crippen molar-refractivity contribution in [1.82, 2.24) is 10.2 Å². The van der Waals surface area contributed by atoms with Crippen molar-refractivity contribution in [3.8, 4) is 0 Å². The summed E-state index contributed by atoms with van der Waals surface area (Å²) >= 11 is 0. The molecular weight excluding hydrogens is 260 g/mol. The number of nitrogens with one attached hydrogen (secondary N) is 1. The first kappa shape index (κ1) is 16.0. The highest BCUT2D eigenvalue weighted by atomic mass is 16.2. The van der Waals surface area contributed by atoms with E-state index in [4.69, 9.17) is 0 Å². The van der Waals surface area contributed by atoms with E-state index >= 15 is 0 Å². The Kier molecular flexibility index (Phi) is 5.04. The molecule has 0 bridgehead atoms. The minimum atomic E-state index is -0.0981. The van der Waals surface area contributed by atoms with Crippen LogP contribution in [0.3, 0.4) is 0 Å². The van der Waals surface area contributed by atoms with E-state index in [0.717, 1.165) is 19.5 Å². The van der Waals surface area contributed by atoms with Gasteiger partial charge in [0.2, 0.25) is 5.91 Å². The number of piperazine rings is 1. The number of nitrogens with zero attached hydrogens (tertiary/aromatic N) is 1. The molecule has 1 aromatic carbocycles. The summed E-state index contributed by atoms with van der Waals surface area (Å²) in [6.07, 6.45) is 1.42. The number of rotatable bonds is 4. The lowest BCUT2D eigenvalue weighted by Gasteiger charge is -2.47. The number of carbonyl (C=O) groups is 1. The lowest BCUT2D eigenvalue weighted by atomic mass is 9.92. The van der Waals surface area contributed by atoms with E-state index in [1.807, 2.05) is 18.2 Å². The number of amides is 1. The molecule has 1 aliphatic heterocycles. The maximum absolute atomic E-state index is 12.7. The van der Waals surface area contributed by atoms with Gasteiger partial charge in [-0.05, 0) is 31.7 Å². The molecule has 3 heteroatoms. The van der Waals surface area contributed by atoms with Gasteiger partial charge in [-0.25, -0.2) is 0 Å². The molecule has 1 unspecified atom stereocenters. The van der Waals surface area contributed by atoms with Crippen LogP contribution in [0.5, 0.6) is 0 Å². The van der Waals surface area contributed by atoms with Gasteiger partial charge in [-0.2, -0.15) is 0 Å². The van der Waals surface area contributed by atoms with Gasteiger partial charge in [-0.15, -0.1) is 0 Å². The van der Waals surface area contributed by atoms with Crippen molar-refractivity contribution < 1.29 is 4.79 Å². The zero-order valence-corrected chi connectivity index (χ0v) is 13.7. The zero-order chi connectivity index (χ0) is 15.5. The maximum atomic E-state index is 12.7. The van der Waals surface area contributed by atoms with Gasteiger partial charge in [0, 0.05) is 31.1 Å². The quantitative estimate of drug-likeness (QED) is 0.924. The summed E-state index contributed by atoms with van der Waals surface area (Å²) in [4.78, 5) is 14.7. The maximum Gasteiger partial charge on any atom is 0.223 e. The van der Waals surface area contributed by atoms with Crippen LogP contribution in [0.15, 0.2) is 30.3 Å². The third-order valence-corrected chi connectivity index (χ3v) is 4.48. The Balaban J connectivity index is 1.98. The zero-order valence-electron chi connectivity index (χ0n) is 13.7. The number of hydrogen-bond acceptors (Lipinski definition) is 2. The Morgan fingerprint density at radius 2 is 2.00 bits per heavy atom. The smallest absolute Gasteiger partial charge is 0.223 e. The molecule has 3 nitrogen and oxygen atoms in total. The summed E-state index contributed by atoms with van der Waals surface area (Å²) in [6.45, 7) is 10.4. The molecule has 1 aromatic rings. The molecule has 116 valence electrons. The largest absolute Gasteiger partial charge is 0.335 e. The Morgan fingerprint density at radius 1 is 1.33 bits per heavy atom. The minimum absolute atomic E-state index is 0.0981. The van der Waals surface area contributed by atoms with E-state index < -0.39 is 0 Å². The standard InChI is InChI=1S/C18H28N2O/c1-14(2)16-12-20(18(3,4)13-19-16)17(21)11-10-15-8-6-5-7-9-15/h5-9,14,16,19H,10-13H2,1-4H3. The summed E-state index contributed by atoms with van der Waals surface area (Å²) in [7, 11) is 0. The Hall–Kier alpha value is -1.35. The van der Waals surface area contributed by atoms with Gasteiger partial charge in [-0.3, -0.25) is 4.79 Å². The average molecular weight is 288 g/mol. The number of aryl methyl sites for hydroxylation is 1. The number of hydrogen-bond donors (Lipinski definition) is 1. The lowest BCUT2D eigenvalue weighted by Crippen LogP contribution is -2.64. The second-order valence-corrected chi connectivity index (χ2v) is 7.03. The van der Waals surface area contributed by atoms with E-state index in [-0.39, 0.29) is 11.4 Å². The highest BCUT2D eigenvalue weighted by molar-refractivity contribution is 5.77. The first-order valence-corrected chi connectivity index (χ1v) is 7.98. The molecule has 2 rings (SSSR count). The molecular formula is C18H28N2O. The van der Waals surface area contributed by atoms with Crippen molar-refractivity contribution in [1.29, 1.82) is 0 Å². The molecule has 1 N–H and O–H groups in total. The van der Waals surface area contributed by atoms with E-state index in [1.54, 1.807) is 0 Å². The third kappa shape index (κ3) is 4.07. The van der Waals surface area contributed by atoms with Crippen LogP contribution in [0.2, 0.25) is 0 Å². The first-order chi connectivity index (χ1) is 9.90. The van der Waals surface area contributed by atoms with E-state index in [1.165, 1.54) is 5.56 Å². The topological polar surface area (TPSA) is 32.3 Å². The SMILES string of the molecule is CC(C)C1CN(C(=O)CCc2ccccc2)C(C)(C)CN1. The van der Waals surface area contributed by atoms with Gasteiger partial charge in [0.1, 0.15) is 0 Å². The fraction of sp³-hybridized carbons (Fsp3) is 0.611. The summed E-state index contributed by atoms with van der Waals surface area (Å²) in [5, 5.41) is 3.57. The van der Waals surface area contributed by atoms with Crippen molar-refractivity contribution in [2.45, 2.75) is 52.1 Å². The normalized spacial score (nSPS) is 21.6. The van der Waals surface area contributed by atoms with Crippen LogP contribution in [0.1, 0.15) is 39.7 Å². The lowest BCUT2D eigenvalue weighted by molar-refractivity contribution is -0.139. The molecule has 1 fully saturated rings. The summed E-state index contributed by atoms with van der Waals surface area (Å²) in [5.74, 6) is 0.821. The Morgan fingerprint density at radius 3 is 2.62 bits per heavy atom. The van der Waals surface area contributed by atoms with Crippen LogP contribution in [-0.2, 0) is 11.2 Å². The van der Waals surface area contributed by atoms with Crippen LogP contribution in [-0.4, -0.2) is 35.5 Å². The predicted molar refractivity (Wildman–Crippen MR) is 87.2 cm³/mol. The van der Waals surface area contributed by atoms with Crippen LogP contribution in [0, 0.1) is 5.92 Å². The highest BCUT2D eigenvalue weighted by Gasteiger charge is 2.37. The van der Waals surface area contributed by atoms with Crippen molar-refractivity contribution in [2.24, 2.45) is 5.92 Å². The molecule has 0 saturated carbocycles. The third-order valence-electron chi connectivity index (χ3n) is 4.48.